The average molecular weight is 1950 g/mol. The predicted octanol–water partition coefficient (Wildman–Crippen LogP) is 39.7. The fraction of sp³-hybridized carbons (Fsp3) is 1.00. The zero-order valence-corrected chi connectivity index (χ0v) is 93.9. The van der Waals surface area contributed by atoms with E-state index in [1.54, 1.807) is 0 Å². The Balaban J connectivity index is 3.00. The minimum Gasteiger partial charge on any atom is -0.394 e. The second kappa shape index (κ2) is 97.0. The van der Waals surface area contributed by atoms with Crippen LogP contribution in [0, 0.1) is 0 Å². The lowest BCUT2D eigenvalue weighted by atomic mass is 9.56. The van der Waals surface area contributed by atoms with Crippen LogP contribution in [0.1, 0.15) is 703 Å². The molecule has 0 bridgehead atoms. The Morgan fingerprint density at radius 3 is 0.684 bits per heavy atom. The van der Waals surface area contributed by atoms with Crippen molar-refractivity contribution in [2.24, 2.45) is 0 Å². The molecule has 10 atom stereocenters. The lowest BCUT2D eigenvalue weighted by Gasteiger charge is -2.69. The number of aliphatic hydroxyl groups is 5. The van der Waals surface area contributed by atoms with Crippen LogP contribution in [-0.2, 0) is 28.4 Å². The zero-order chi connectivity index (χ0) is 98.3. The van der Waals surface area contributed by atoms with Gasteiger partial charge in [0.05, 0.1) is 13.2 Å². The molecular formula is C124H245ClO11. The lowest BCUT2D eigenvalue weighted by molar-refractivity contribution is -0.484. The third kappa shape index (κ3) is 64.2. The topological polar surface area (TPSA) is 157 Å². The first-order valence-electron chi connectivity index (χ1n) is 62.8. The summed E-state index contributed by atoms with van der Waals surface area (Å²) < 4.78 is 44.8. The van der Waals surface area contributed by atoms with E-state index in [1.807, 2.05) is 0 Å². The molecule has 0 radical (unpaired) electrons. The smallest absolute Gasteiger partial charge is 0.203 e. The maximum atomic E-state index is 15.8. The van der Waals surface area contributed by atoms with Gasteiger partial charge in [-0.25, -0.2) is 0 Å². The fourth-order valence-electron chi connectivity index (χ4n) is 23.0. The van der Waals surface area contributed by atoms with Gasteiger partial charge in [0.15, 0.2) is 11.4 Å². The Labute approximate surface area is 855 Å². The van der Waals surface area contributed by atoms with E-state index in [-0.39, 0.29) is 32.3 Å². The number of hydrogen-bond acceptors (Lipinski definition) is 11. The SMILES string of the molecule is CCCCCCCCCCCCCCCCO[C@@H]1O[C@H](CO)[C@@H](O[C@@]2(CCCCCCCCCCCCCCCC)O[C@@](Cl)(CO)[C@](CCCCCCCCCCCCCCCC)(OCCCCCCCCCCCCCCCC)[C@](O)(CCCCCCCCCCCCCCCC)[C@]2(O)CCCCCCCCCCCCCCCC)[C@@H](O)[C@H]1OCCCCCCCCCCCCCCCC. The van der Waals surface area contributed by atoms with E-state index in [0.717, 1.165) is 141 Å². The van der Waals surface area contributed by atoms with Crippen molar-refractivity contribution >= 4 is 11.6 Å². The van der Waals surface area contributed by atoms with Gasteiger partial charge in [0, 0.05) is 26.2 Å². The molecule has 0 spiro atoms. The summed E-state index contributed by atoms with van der Waals surface area (Å²) >= 11 is 8.70. The summed E-state index contributed by atoms with van der Waals surface area (Å²) in [5, 5.41) is 68.3. The van der Waals surface area contributed by atoms with Crippen LogP contribution in [-0.4, -0.2) is 117 Å². The molecule has 2 rings (SSSR count). The van der Waals surface area contributed by atoms with Gasteiger partial charge in [0.1, 0.15) is 41.2 Å². The summed E-state index contributed by atoms with van der Waals surface area (Å²) in [6.45, 7) is 16.0. The molecule has 136 heavy (non-hydrogen) atoms. The van der Waals surface area contributed by atoms with Gasteiger partial charge in [0.25, 0.3) is 0 Å². The number of alkyl halides is 1. The minimum absolute atomic E-state index is 0.120. The van der Waals surface area contributed by atoms with Crippen LogP contribution < -0.4 is 0 Å². The van der Waals surface area contributed by atoms with Crippen LogP contribution in [0.5, 0.6) is 0 Å². The van der Waals surface area contributed by atoms with Crippen molar-refractivity contribution in [2.75, 3.05) is 33.0 Å². The van der Waals surface area contributed by atoms with E-state index >= 15 is 10.2 Å². The van der Waals surface area contributed by atoms with E-state index in [0.29, 0.717) is 38.9 Å². The summed E-state index contributed by atoms with van der Waals surface area (Å²) in [5.74, 6) is -2.16. The summed E-state index contributed by atoms with van der Waals surface area (Å²) in [6, 6.07) is 0. The first kappa shape index (κ1) is 132. The molecule has 0 aromatic carbocycles. The second-order valence-electron chi connectivity index (χ2n) is 44.8. The predicted molar refractivity (Wildman–Crippen MR) is 591 cm³/mol. The summed E-state index contributed by atoms with van der Waals surface area (Å²) in [4.78, 5) is 0. The minimum atomic E-state index is -2.23. The van der Waals surface area contributed by atoms with Crippen molar-refractivity contribution in [1.29, 1.82) is 0 Å². The Morgan fingerprint density at radius 1 is 0.235 bits per heavy atom. The van der Waals surface area contributed by atoms with Crippen LogP contribution in [0.2, 0.25) is 0 Å². The van der Waals surface area contributed by atoms with Crippen LogP contribution in [0.4, 0.5) is 0 Å². The highest BCUT2D eigenvalue weighted by Gasteiger charge is 2.82. The zero-order valence-electron chi connectivity index (χ0n) is 93.1. The molecule has 2 aliphatic heterocycles. The maximum absolute atomic E-state index is 15.8. The number of unbranched alkanes of at least 4 members (excludes halogenated alkanes) is 91. The molecule has 11 nitrogen and oxygen atoms in total. The molecular weight excluding hydrogens is 1700 g/mol. The first-order valence-corrected chi connectivity index (χ1v) is 63.2. The van der Waals surface area contributed by atoms with Gasteiger partial charge < -0.3 is 54.0 Å². The molecule has 2 saturated heterocycles. The molecule has 2 heterocycles. The number of hydrogen-bond donors (Lipinski definition) is 5. The van der Waals surface area contributed by atoms with Crippen molar-refractivity contribution in [3.05, 3.63) is 0 Å². The molecule has 0 aromatic heterocycles. The second-order valence-corrected chi connectivity index (χ2v) is 45.4. The number of ether oxygens (including phenoxy) is 6. The summed E-state index contributed by atoms with van der Waals surface area (Å²) in [5.41, 5.74) is -6.19. The molecule has 2 fully saturated rings. The van der Waals surface area contributed by atoms with Crippen molar-refractivity contribution in [3.8, 4) is 0 Å². The van der Waals surface area contributed by atoms with Gasteiger partial charge in [-0.05, 0) is 44.9 Å². The van der Waals surface area contributed by atoms with Crippen molar-refractivity contribution in [3.63, 3.8) is 0 Å². The average Bonchev–Trinajstić information content (AvgIpc) is 0.665. The molecule has 0 unspecified atom stereocenters. The molecule has 0 aliphatic carbocycles. The van der Waals surface area contributed by atoms with Gasteiger partial charge in [-0.2, -0.15) is 0 Å². The van der Waals surface area contributed by atoms with Gasteiger partial charge in [0.2, 0.25) is 5.79 Å². The van der Waals surface area contributed by atoms with E-state index in [1.165, 1.54) is 462 Å². The third-order valence-electron chi connectivity index (χ3n) is 32.2. The Bertz CT molecular complexity index is 2370. The quantitative estimate of drug-likeness (QED) is 0.0292. The summed E-state index contributed by atoms with van der Waals surface area (Å²) in [6.07, 6.45) is 113. The van der Waals surface area contributed by atoms with E-state index < -0.39 is 71.6 Å². The molecule has 814 valence electrons. The highest BCUT2D eigenvalue weighted by Crippen LogP contribution is 2.64. The fourth-order valence-corrected chi connectivity index (χ4v) is 23.5. The number of halogens is 1. The van der Waals surface area contributed by atoms with Gasteiger partial charge >= 0.3 is 0 Å². The van der Waals surface area contributed by atoms with Crippen molar-refractivity contribution < 1.29 is 54.0 Å². The van der Waals surface area contributed by atoms with Gasteiger partial charge in [-0.15, -0.1) is 0 Å². The highest BCUT2D eigenvalue weighted by molar-refractivity contribution is 6.24. The van der Waals surface area contributed by atoms with Crippen LogP contribution in [0.15, 0.2) is 0 Å². The number of aliphatic hydroxyl groups excluding tert-OH is 3. The standard InChI is InChI=1S/C124H245ClO11/c1-8-15-22-29-36-43-50-57-64-71-78-85-92-99-106-120(129)121(130,107-100-93-86-79-72-65-58-51-44-37-30-23-16-9-2)124(109-102-95-88-81-74-67-60-53-46-39-32-25-18-11-4,136-123(125,114-127)122(120,108-101-94-87-80-73-66-59-52-45-38-31-24-17-10-3)133-112-105-98-91-84-77-70-63-56-49-42-35-28-21-14-7)135-117-115(113-126)134-119(132-111-104-97-90-83-76-69-62-55-48-41-34-27-20-13-6)118(116(117)128)131-110-103-96-89-82-75-68-61-54-47-40-33-26-19-12-5/h115-119,126-130H,8-114H2,1-7H3/t115-,116-,117-,118-,119-,120+,121-,122-,123+,124+/m1/s1. The van der Waals surface area contributed by atoms with Crippen molar-refractivity contribution in [1.82, 2.24) is 0 Å². The lowest BCUT2D eigenvalue weighted by Crippen LogP contribution is -2.88. The van der Waals surface area contributed by atoms with E-state index in [4.69, 9.17) is 40.0 Å². The Kier molecular flexibility index (Phi) is 94.0. The summed E-state index contributed by atoms with van der Waals surface area (Å²) in [7, 11) is 0. The van der Waals surface area contributed by atoms with Gasteiger partial charge in [-0.3, -0.25) is 0 Å². The van der Waals surface area contributed by atoms with Gasteiger partial charge in [-0.1, -0.05) is 664 Å². The molecule has 12 heteroatoms. The highest BCUT2D eigenvalue weighted by atomic mass is 35.5. The maximum Gasteiger partial charge on any atom is 0.203 e. The Hall–Kier alpha value is -0.150. The molecule has 0 aromatic rings. The monoisotopic (exact) mass is 1950 g/mol. The van der Waals surface area contributed by atoms with Crippen LogP contribution in [0.3, 0.4) is 0 Å². The van der Waals surface area contributed by atoms with Crippen LogP contribution >= 0.6 is 11.6 Å². The first-order chi connectivity index (χ1) is 66.9. The van der Waals surface area contributed by atoms with E-state index in [2.05, 4.69) is 48.5 Å². The Morgan fingerprint density at radius 2 is 0.441 bits per heavy atom. The van der Waals surface area contributed by atoms with E-state index in [9.17, 15) is 15.3 Å². The number of rotatable bonds is 112. The molecule has 5 N–H and O–H groups in total. The normalized spacial score (nSPS) is 21.5. The van der Waals surface area contributed by atoms with Crippen LogP contribution in [0.25, 0.3) is 0 Å². The largest absolute Gasteiger partial charge is 0.394 e. The molecule has 0 amide bonds. The van der Waals surface area contributed by atoms with Crippen molar-refractivity contribution in [2.45, 2.75) is 762 Å². The molecule has 0 saturated carbocycles. The molecule has 2 aliphatic rings. The third-order valence-corrected chi connectivity index (χ3v) is 32.7.